The van der Waals surface area contributed by atoms with Crippen molar-refractivity contribution in [1.82, 2.24) is 9.55 Å². The SMILES string of the molecule is Cc1cc2c(cc1F)nc(N)n2-c1cc(Cl)c(F)c(Cl)c1. The quantitative estimate of drug-likeness (QED) is 0.668. The van der Waals surface area contributed by atoms with Crippen molar-refractivity contribution < 1.29 is 8.78 Å². The van der Waals surface area contributed by atoms with Crippen LogP contribution in [-0.2, 0) is 0 Å². The molecule has 0 unspecified atom stereocenters. The predicted molar refractivity (Wildman–Crippen MR) is 80.2 cm³/mol. The van der Waals surface area contributed by atoms with Crippen molar-refractivity contribution in [1.29, 1.82) is 0 Å². The molecule has 3 rings (SSSR count). The molecule has 3 nitrogen and oxygen atoms in total. The molecule has 0 fully saturated rings. The second kappa shape index (κ2) is 4.86. The van der Waals surface area contributed by atoms with E-state index in [0.717, 1.165) is 0 Å². The number of benzene rings is 2. The van der Waals surface area contributed by atoms with E-state index in [1.165, 1.54) is 18.2 Å². The Labute approximate surface area is 128 Å². The van der Waals surface area contributed by atoms with E-state index in [0.29, 0.717) is 22.3 Å². The Balaban J connectivity index is 2.34. The highest BCUT2D eigenvalue weighted by Gasteiger charge is 2.15. The van der Waals surface area contributed by atoms with Gasteiger partial charge in [-0.3, -0.25) is 4.57 Å². The third-order valence-electron chi connectivity index (χ3n) is 3.19. The van der Waals surface area contributed by atoms with Crippen LogP contribution in [0.5, 0.6) is 0 Å². The van der Waals surface area contributed by atoms with Crippen molar-refractivity contribution in [3.8, 4) is 5.69 Å². The summed E-state index contributed by atoms with van der Waals surface area (Å²) >= 11 is 11.6. The molecule has 0 saturated carbocycles. The van der Waals surface area contributed by atoms with Crippen LogP contribution < -0.4 is 5.73 Å². The van der Waals surface area contributed by atoms with Gasteiger partial charge in [-0.05, 0) is 30.7 Å². The molecule has 1 aromatic heterocycles. The maximum Gasteiger partial charge on any atom is 0.205 e. The number of anilines is 1. The van der Waals surface area contributed by atoms with Crippen LogP contribution in [0.2, 0.25) is 10.0 Å². The van der Waals surface area contributed by atoms with Crippen LogP contribution in [0.3, 0.4) is 0 Å². The van der Waals surface area contributed by atoms with Crippen molar-refractivity contribution in [2.24, 2.45) is 0 Å². The highest BCUT2D eigenvalue weighted by atomic mass is 35.5. The van der Waals surface area contributed by atoms with Gasteiger partial charge in [0.05, 0.1) is 26.8 Å². The number of aryl methyl sites for hydroxylation is 1. The predicted octanol–water partition coefficient (Wildman–Crippen LogP) is 4.50. The van der Waals surface area contributed by atoms with Gasteiger partial charge in [0.2, 0.25) is 5.95 Å². The van der Waals surface area contributed by atoms with Crippen LogP contribution in [0, 0.1) is 18.6 Å². The molecule has 0 atom stereocenters. The second-order valence-electron chi connectivity index (χ2n) is 4.62. The highest BCUT2D eigenvalue weighted by Crippen LogP contribution is 2.31. The lowest BCUT2D eigenvalue weighted by molar-refractivity contribution is 0.620. The number of hydrogen-bond donors (Lipinski definition) is 1. The van der Waals surface area contributed by atoms with Gasteiger partial charge in [-0.15, -0.1) is 0 Å². The molecule has 1 heterocycles. The zero-order valence-corrected chi connectivity index (χ0v) is 12.3. The van der Waals surface area contributed by atoms with Crippen molar-refractivity contribution >= 4 is 40.2 Å². The highest BCUT2D eigenvalue weighted by molar-refractivity contribution is 6.35. The number of rotatable bonds is 1. The average molecular weight is 328 g/mol. The third kappa shape index (κ3) is 2.22. The first-order chi connectivity index (χ1) is 9.88. The van der Waals surface area contributed by atoms with Gasteiger partial charge >= 0.3 is 0 Å². The summed E-state index contributed by atoms with van der Waals surface area (Å²) in [6, 6.07) is 5.68. The van der Waals surface area contributed by atoms with Gasteiger partial charge in [0.25, 0.3) is 0 Å². The number of nitrogens with two attached hydrogens (primary N) is 1. The molecule has 0 amide bonds. The molecule has 0 aliphatic carbocycles. The number of imidazole rings is 1. The van der Waals surface area contributed by atoms with Crippen LogP contribution >= 0.6 is 23.2 Å². The Morgan fingerprint density at radius 1 is 1.10 bits per heavy atom. The summed E-state index contributed by atoms with van der Waals surface area (Å²) in [5.74, 6) is -0.941. The van der Waals surface area contributed by atoms with Crippen LogP contribution in [0.15, 0.2) is 24.3 Å². The van der Waals surface area contributed by atoms with Crippen molar-refractivity contribution in [2.45, 2.75) is 6.92 Å². The van der Waals surface area contributed by atoms with Gasteiger partial charge in [0, 0.05) is 6.07 Å². The van der Waals surface area contributed by atoms with Gasteiger partial charge in [-0.1, -0.05) is 23.2 Å². The van der Waals surface area contributed by atoms with Crippen LogP contribution in [0.25, 0.3) is 16.7 Å². The number of aromatic nitrogens is 2. The first-order valence-electron chi connectivity index (χ1n) is 5.97. The largest absolute Gasteiger partial charge is 0.369 e. The minimum absolute atomic E-state index is 0.127. The number of fused-ring (bicyclic) bond motifs is 1. The normalized spacial score (nSPS) is 11.3. The van der Waals surface area contributed by atoms with E-state index in [9.17, 15) is 8.78 Å². The van der Waals surface area contributed by atoms with Crippen LogP contribution in [0.4, 0.5) is 14.7 Å². The number of nitrogen functional groups attached to an aromatic ring is 1. The molecule has 0 aliphatic heterocycles. The summed E-state index contributed by atoms with van der Waals surface area (Å²) in [6.07, 6.45) is 0. The summed E-state index contributed by atoms with van der Waals surface area (Å²) in [5.41, 5.74) is 7.76. The summed E-state index contributed by atoms with van der Waals surface area (Å²) in [7, 11) is 0. The number of hydrogen-bond acceptors (Lipinski definition) is 2. The Bertz CT molecular complexity index is 851. The van der Waals surface area contributed by atoms with Crippen molar-refractivity contribution in [3.05, 3.63) is 51.5 Å². The molecule has 0 radical (unpaired) electrons. The average Bonchev–Trinajstić information content (AvgIpc) is 2.71. The fourth-order valence-electron chi connectivity index (χ4n) is 2.16. The van der Waals surface area contributed by atoms with Crippen molar-refractivity contribution in [3.63, 3.8) is 0 Å². The lowest BCUT2D eigenvalue weighted by Gasteiger charge is -2.09. The van der Waals surface area contributed by atoms with E-state index in [1.54, 1.807) is 17.6 Å². The molecule has 3 aromatic rings. The Morgan fingerprint density at radius 2 is 1.71 bits per heavy atom. The second-order valence-corrected chi connectivity index (χ2v) is 5.43. The number of nitrogens with zero attached hydrogens (tertiary/aromatic N) is 2. The molecule has 2 N–H and O–H groups in total. The van der Waals surface area contributed by atoms with E-state index in [4.69, 9.17) is 28.9 Å². The topological polar surface area (TPSA) is 43.8 Å². The monoisotopic (exact) mass is 327 g/mol. The van der Waals surface area contributed by atoms with Gasteiger partial charge < -0.3 is 5.73 Å². The minimum atomic E-state index is -0.702. The Hall–Kier alpha value is -1.85. The zero-order valence-electron chi connectivity index (χ0n) is 10.8. The number of halogens is 4. The Morgan fingerprint density at radius 3 is 2.33 bits per heavy atom. The van der Waals surface area contributed by atoms with E-state index >= 15 is 0 Å². The fourth-order valence-corrected chi connectivity index (χ4v) is 2.64. The standard InChI is InChI=1S/C14H9Cl2F2N3/c1-6-2-12-11(5-10(6)17)20-14(19)21(12)7-3-8(15)13(18)9(16)4-7/h2-5H,1H3,(H2,19,20). The lowest BCUT2D eigenvalue weighted by Crippen LogP contribution is -2.01. The summed E-state index contributed by atoms with van der Waals surface area (Å²) < 4.78 is 28.6. The maximum atomic E-state index is 13.6. The maximum absolute atomic E-state index is 13.6. The molecule has 0 spiro atoms. The molecule has 0 bridgehead atoms. The fraction of sp³-hybridized carbons (Fsp3) is 0.0714. The molecular weight excluding hydrogens is 319 g/mol. The minimum Gasteiger partial charge on any atom is -0.369 e. The van der Waals surface area contributed by atoms with Gasteiger partial charge in [0.15, 0.2) is 5.82 Å². The van der Waals surface area contributed by atoms with Gasteiger partial charge in [-0.25, -0.2) is 13.8 Å². The third-order valence-corrected chi connectivity index (χ3v) is 3.74. The summed E-state index contributed by atoms with van der Waals surface area (Å²) in [5, 5.41) is -0.254. The lowest BCUT2D eigenvalue weighted by atomic mass is 10.2. The van der Waals surface area contributed by atoms with E-state index < -0.39 is 5.82 Å². The van der Waals surface area contributed by atoms with Gasteiger partial charge in [0.1, 0.15) is 5.82 Å². The van der Waals surface area contributed by atoms with Gasteiger partial charge in [-0.2, -0.15) is 0 Å². The molecule has 2 aromatic carbocycles. The van der Waals surface area contributed by atoms with Crippen molar-refractivity contribution in [2.75, 3.05) is 5.73 Å². The smallest absolute Gasteiger partial charge is 0.205 e. The van der Waals surface area contributed by atoms with E-state index in [1.807, 2.05) is 0 Å². The van der Waals surface area contributed by atoms with E-state index in [-0.39, 0.29) is 21.8 Å². The molecule has 108 valence electrons. The van der Waals surface area contributed by atoms with Crippen LogP contribution in [0.1, 0.15) is 5.56 Å². The van der Waals surface area contributed by atoms with Crippen LogP contribution in [-0.4, -0.2) is 9.55 Å². The molecular formula is C14H9Cl2F2N3. The molecule has 0 saturated heterocycles. The molecule has 7 heteroatoms. The summed E-state index contributed by atoms with van der Waals surface area (Å²) in [4.78, 5) is 4.09. The molecule has 0 aliphatic rings. The Kier molecular flexibility index (Phi) is 3.26. The van der Waals surface area contributed by atoms with E-state index in [2.05, 4.69) is 4.98 Å². The zero-order chi connectivity index (χ0) is 15.3. The first kappa shape index (κ1) is 14.1. The first-order valence-corrected chi connectivity index (χ1v) is 6.73. The summed E-state index contributed by atoms with van der Waals surface area (Å²) in [6.45, 7) is 1.63. The molecule has 21 heavy (non-hydrogen) atoms.